The maximum Gasteiger partial charge on any atom is 0.243 e. The molecule has 0 unspecified atom stereocenters. The van der Waals surface area contributed by atoms with Gasteiger partial charge < -0.3 is 20.6 Å². The van der Waals surface area contributed by atoms with E-state index < -0.39 is 30.8 Å². The molecule has 0 bridgehead atoms. The fraction of sp³-hybridized carbons (Fsp3) is 0.857. The molecular formula is C21H41NO4. The van der Waals surface area contributed by atoms with Crippen molar-refractivity contribution < 1.29 is 20.1 Å². The largest absolute Gasteiger partial charge is 0.394 e. The van der Waals surface area contributed by atoms with Crippen molar-refractivity contribution in [2.24, 2.45) is 0 Å². The van der Waals surface area contributed by atoms with Crippen molar-refractivity contribution >= 4 is 5.91 Å². The van der Waals surface area contributed by atoms with E-state index in [1.807, 2.05) is 0 Å². The van der Waals surface area contributed by atoms with Crippen LogP contribution in [0, 0.1) is 0 Å². The third-order valence-electron chi connectivity index (χ3n) is 4.87. The van der Waals surface area contributed by atoms with Crippen LogP contribution >= 0.6 is 0 Å². The van der Waals surface area contributed by atoms with Crippen molar-refractivity contribution in [2.45, 2.75) is 109 Å². The monoisotopic (exact) mass is 371 g/mol. The fourth-order valence-electron chi connectivity index (χ4n) is 3.11. The van der Waals surface area contributed by atoms with Gasteiger partial charge in [-0.2, -0.15) is 0 Å². The fourth-order valence-corrected chi connectivity index (χ4v) is 3.11. The molecule has 0 aliphatic heterocycles. The molecule has 0 rings (SSSR count). The van der Waals surface area contributed by atoms with Crippen LogP contribution in [-0.2, 0) is 4.79 Å². The Morgan fingerprint density at radius 1 is 0.923 bits per heavy atom. The third-order valence-corrected chi connectivity index (χ3v) is 4.87. The molecule has 0 aromatic carbocycles. The van der Waals surface area contributed by atoms with Crippen LogP contribution < -0.4 is 5.32 Å². The van der Waals surface area contributed by atoms with Gasteiger partial charge in [-0.3, -0.25) is 4.79 Å². The minimum atomic E-state index is -1.17. The molecule has 5 heteroatoms. The van der Waals surface area contributed by atoms with Gasteiger partial charge in [0.15, 0.2) is 0 Å². The average molecular weight is 372 g/mol. The number of carbonyl (C=O) groups excluding carboxylic acids is 1. The minimum Gasteiger partial charge on any atom is -0.394 e. The molecule has 0 saturated heterocycles. The van der Waals surface area contributed by atoms with Crippen molar-refractivity contribution in [3.63, 3.8) is 0 Å². The molecule has 26 heavy (non-hydrogen) atoms. The highest BCUT2D eigenvalue weighted by molar-refractivity contribution is 5.87. The van der Waals surface area contributed by atoms with E-state index in [4.69, 9.17) is 0 Å². The van der Waals surface area contributed by atoms with Gasteiger partial charge in [-0.15, -0.1) is 0 Å². The number of carbonyl (C=O) groups is 1. The van der Waals surface area contributed by atoms with E-state index in [0.717, 1.165) is 25.3 Å². The lowest BCUT2D eigenvalue weighted by Crippen LogP contribution is -2.50. The molecule has 0 radical (unpaired) electrons. The summed E-state index contributed by atoms with van der Waals surface area (Å²) in [5.41, 5.74) is 0. The van der Waals surface area contributed by atoms with Crippen LogP contribution in [-0.4, -0.2) is 46.1 Å². The molecule has 0 aliphatic rings. The second-order valence-electron chi connectivity index (χ2n) is 7.24. The smallest absolute Gasteiger partial charge is 0.243 e. The first-order valence-electron chi connectivity index (χ1n) is 10.5. The maximum atomic E-state index is 11.2. The number of amides is 1. The van der Waals surface area contributed by atoms with Crippen molar-refractivity contribution in [3.05, 3.63) is 12.7 Å². The van der Waals surface area contributed by atoms with Gasteiger partial charge in [0.2, 0.25) is 5.91 Å². The molecular weight excluding hydrogens is 330 g/mol. The predicted octanol–water partition coefficient (Wildman–Crippen LogP) is 3.46. The first-order valence-corrected chi connectivity index (χ1v) is 10.5. The zero-order chi connectivity index (χ0) is 19.6. The Bertz CT molecular complexity index is 349. The van der Waals surface area contributed by atoms with E-state index in [1.165, 1.54) is 57.8 Å². The summed E-state index contributed by atoms with van der Waals surface area (Å²) < 4.78 is 0. The molecule has 0 heterocycles. The Hall–Kier alpha value is -0.910. The molecule has 3 atom stereocenters. The van der Waals surface area contributed by atoms with Crippen LogP contribution in [0.5, 0.6) is 0 Å². The summed E-state index contributed by atoms with van der Waals surface area (Å²) in [6, 6.07) is -0.868. The van der Waals surface area contributed by atoms with Crippen LogP contribution in [0.3, 0.4) is 0 Å². The van der Waals surface area contributed by atoms with Crippen LogP contribution in [0.15, 0.2) is 12.7 Å². The molecule has 0 spiro atoms. The van der Waals surface area contributed by atoms with E-state index in [-0.39, 0.29) is 0 Å². The summed E-state index contributed by atoms with van der Waals surface area (Å²) in [4.78, 5) is 11.2. The first-order chi connectivity index (χ1) is 12.6. The normalized spacial score (nSPS) is 14.6. The molecule has 0 aromatic heterocycles. The SMILES string of the molecule is C=CC(=O)N[C@@H](CO)[C@H](O)[C@H](O)CCCCCCCCCCCCCC. The molecule has 0 aliphatic carbocycles. The first kappa shape index (κ1) is 25.1. The molecule has 0 saturated carbocycles. The number of rotatable bonds is 18. The molecule has 1 amide bonds. The van der Waals surface area contributed by atoms with E-state index in [1.54, 1.807) is 0 Å². The number of aliphatic hydroxyl groups is 3. The van der Waals surface area contributed by atoms with Crippen LogP contribution in [0.25, 0.3) is 0 Å². The maximum absolute atomic E-state index is 11.2. The van der Waals surface area contributed by atoms with Gasteiger partial charge in [-0.25, -0.2) is 0 Å². The Morgan fingerprint density at radius 3 is 1.81 bits per heavy atom. The van der Waals surface area contributed by atoms with Crippen LogP contribution in [0.4, 0.5) is 0 Å². The highest BCUT2D eigenvalue weighted by Gasteiger charge is 2.26. The van der Waals surface area contributed by atoms with Gasteiger partial charge in [0.25, 0.3) is 0 Å². The van der Waals surface area contributed by atoms with Crippen LogP contribution in [0.2, 0.25) is 0 Å². The van der Waals surface area contributed by atoms with Gasteiger partial charge in [0.05, 0.1) is 18.8 Å². The summed E-state index contributed by atoms with van der Waals surface area (Å²) in [7, 11) is 0. The second-order valence-corrected chi connectivity index (χ2v) is 7.24. The Balaban J connectivity index is 3.61. The third kappa shape index (κ3) is 13.3. The molecule has 0 aromatic rings. The molecule has 154 valence electrons. The lowest BCUT2D eigenvalue weighted by atomic mass is 9.99. The van der Waals surface area contributed by atoms with Crippen molar-refractivity contribution in [3.8, 4) is 0 Å². The van der Waals surface area contributed by atoms with Crippen molar-refractivity contribution in [1.82, 2.24) is 5.32 Å². The zero-order valence-electron chi connectivity index (χ0n) is 16.7. The zero-order valence-corrected chi connectivity index (χ0v) is 16.7. The summed E-state index contributed by atoms with van der Waals surface area (Å²) in [5, 5.41) is 31.7. The second kappa shape index (κ2) is 17.5. The standard InChI is InChI=1S/C21H41NO4/c1-3-5-6-7-8-9-10-11-12-13-14-15-16-19(24)21(26)18(17-23)22-20(25)4-2/h4,18-19,21,23-24,26H,2-3,5-17H2,1H3,(H,22,25)/t18-,19+,21-/m0/s1. The highest BCUT2D eigenvalue weighted by Crippen LogP contribution is 2.14. The van der Waals surface area contributed by atoms with E-state index in [0.29, 0.717) is 6.42 Å². The predicted molar refractivity (Wildman–Crippen MR) is 107 cm³/mol. The topological polar surface area (TPSA) is 89.8 Å². The average Bonchev–Trinajstić information content (AvgIpc) is 2.65. The van der Waals surface area contributed by atoms with Gasteiger partial charge in [-0.1, -0.05) is 90.6 Å². The molecule has 4 N–H and O–H groups in total. The number of aliphatic hydroxyl groups excluding tert-OH is 3. The Labute approximate surface area is 159 Å². The van der Waals surface area contributed by atoms with Crippen molar-refractivity contribution in [1.29, 1.82) is 0 Å². The van der Waals surface area contributed by atoms with Gasteiger partial charge in [-0.05, 0) is 12.5 Å². The lowest BCUT2D eigenvalue weighted by molar-refractivity contribution is -0.119. The molecule has 5 nitrogen and oxygen atoms in total. The van der Waals surface area contributed by atoms with Crippen LogP contribution in [0.1, 0.15) is 90.4 Å². The quantitative estimate of drug-likeness (QED) is 0.219. The van der Waals surface area contributed by atoms with E-state index in [9.17, 15) is 20.1 Å². The molecule has 0 fully saturated rings. The summed E-state index contributed by atoms with van der Waals surface area (Å²) in [6.07, 6.45) is 14.4. The highest BCUT2D eigenvalue weighted by atomic mass is 16.3. The van der Waals surface area contributed by atoms with Gasteiger partial charge >= 0.3 is 0 Å². The van der Waals surface area contributed by atoms with E-state index >= 15 is 0 Å². The number of nitrogens with one attached hydrogen (secondary N) is 1. The summed E-state index contributed by atoms with van der Waals surface area (Å²) in [5.74, 6) is -0.472. The number of unbranched alkanes of at least 4 members (excludes halogenated alkanes) is 11. The van der Waals surface area contributed by atoms with Gasteiger partial charge in [0.1, 0.15) is 6.10 Å². The number of hydrogen-bond acceptors (Lipinski definition) is 4. The van der Waals surface area contributed by atoms with Gasteiger partial charge in [0, 0.05) is 0 Å². The number of hydrogen-bond donors (Lipinski definition) is 4. The minimum absolute atomic E-state index is 0.420. The van der Waals surface area contributed by atoms with Crippen molar-refractivity contribution in [2.75, 3.05) is 6.61 Å². The Kier molecular flexibility index (Phi) is 16.9. The summed E-state index contributed by atoms with van der Waals surface area (Å²) >= 11 is 0. The Morgan fingerprint density at radius 2 is 1.38 bits per heavy atom. The summed E-state index contributed by atoms with van der Waals surface area (Å²) in [6.45, 7) is 5.15. The lowest BCUT2D eigenvalue weighted by Gasteiger charge is -2.25. The van der Waals surface area contributed by atoms with E-state index in [2.05, 4.69) is 18.8 Å².